The van der Waals surface area contributed by atoms with Gasteiger partial charge in [-0.2, -0.15) is 0 Å². The fraction of sp³-hybridized carbons (Fsp3) is 0.300. The van der Waals surface area contributed by atoms with Crippen LogP contribution in [-0.2, 0) is 0 Å². The van der Waals surface area contributed by atoms with Crippen molar-refractivity contribution in [1.82, 2.24) is 4.98 Å². The Hall–Kier alpha value is -1.29. The molecule has 0 saturated carbocycles. The number of benzene rings is 1. The standard InChI is InChI=1S/C10H11NO2S/c1-2-5-12-7-3-4-8-9(6-7)13-10(14)11-8/h3-4,6H,2,5H2,1H3,(H,11,14). The first-order chi connectivity index (χ1) is 6.79. The number of nitrogens with one attached hydrogen (secondary N) is 1. The first-order valence-corrected chi connectivity index (χ1v) is 4.96. The highest BCUT2D eigenvalue weighted by molar-refractivity contribution is 7.71. The maximum absolute atomic E-state index is 5.46. The Kier molecular flexibility index (Phi) is 2.54. The SMILES string of the molecule is CCCOc1ccc2[nH]c(=S)oc2c1. The molecule has 0 unspecified atom stereocenters. The highest BCUT2D eigenvalue weighted by Crippen LogP contribution is 2.20. The van der Waals surface area contributed by atoms with Crippen molar-refractivity contribution < 1.29 is 9.15 Å². The van der Waals surface area contributed by atoms with Gasteiger partial charge in [-0.1, -0.05) is 6.92 Å². The van der Waals surface area contributed by atoms with Crippen LogP contribution in [0.5, 0.6) is 5.75 Å². The lowest BCUT2D eigenvalue weighted by atomic mass is 10.3. The zero-order valence-corrected chi connectivity index (χ0v) is 8.69. The lowest BCUT2D eigenvalue weighted by molar-refractivity contribution is 0.317. The van der Waals surface area contributed by atoms with Crippen LogP contribution < -0.4 is 4.74 Å². The first kappa shape index (κ1) is 9.27. The fourth-order valence-electron chi connectivity index (χ4n) is 1.24. The summed E-state index contributed by atoms with van der Waals surface area (Å²) in [5.74, 6) is 0.817. The molecule has 0 fully saturated rings. The van der Waals surface area contributed by atoms with Crippen molar-refractivity contribution >= 4 is 23.3 Å². The van der Waals surface area contributed by atoms with E-state index < -0.39 is 0 Å². The predicted octanol–water partition coefficient (Wildman–Crippen LogP) is 3.28. The highest BCUT2D eigenvalue weighted by Gasteiger charge is 2.00. The van der Waals surface area contributed by atoms with E-state index in [1.165, 1.54) is 0 Å². The van der Waals surface area contributed by atoms with Gasteiger partial charge in [0.15, 0.2) is 5.58 Å². The summed E-state index contributed by atoms with van der Waals surface area (Å²) < 4.78 is 10.7. The van der Waals surface area contributed by atoms with Crippen molar-refractivity contribution in [2.45, 2.75) is 13.3 Å². The summed E-state index contributed by atoms with van der Waals surface area (Å²) in [7, 11) is 0. The molecule has 74 valence electrons. The number of rotatable bonds is 3. The number of fused-ring (bicyclic) bond motifs is 1. The Balaban J connectivity index is 2.35. The van der Waals surface area contributed by atoms with Crippen LogP contribution in [0.1, 0.15) is 13.3 Å². The number of hydrogen-bond acceptors (Lipinski definition) is 3. The molecule has 1 N–H and O–H groups in total. The van der Waals surface area contributed by atoms with Gasteiger partial charge in [0.25, 0.3) is 4.84 Å². The van der Waals surface area contributed by atoms with Gasteiger partial charge in [-0.15, -0.1) is 0 Å². The van der Waals surface area contributed by atoms with E-state index in [9.17, 15) is 0 Å². The summed E-state index contributed by atoms with van der Waals surface area (Å²) in [6.07, 6.45) is 0.995. The van der Waals surface area contributed by atoms with Crippen LogP contribution in [-0.4, -0.2) is 11.6 Å². The fourth-order valence-corrected chi connectivity index (χ4v) is 1.44. The van der Waals surface area contributed by atoms with Gasteiger partial charge in [0, 0.05) is 6.07 Å². The zero-order valence-electron chi connectivity index (χ0n) is 7.87. The molecule has 4 heteroatoms. The minimum atomic E-state index is 0.396. The van der Waals surface area contributed by atoms with Gasteiger partial charge in [-0.3, -0.25) is 0 Å². The summed E-state index contributed by atoms with van der Waals surface area (Å²) in [5, 5.41) is 0. The monoisotopic (exact) mass is 209 g/mol. The van der Waals surface area contributed by atoms with E-state index in [1.54, 1.807) is 0 Å². The second-order valence-corrected chi connectivity index (χ2v) is 3.39. The van der Waals surface area contributed by atoms with Gasteiger partial charge in [-0.25, -0.2) is 0 Å². The molecule has 1 aromatic carbocycles. The Morgan fingerprint density at radius 2 is 2.36 bits per heavy atom. The Morgan fingerprint density at radius 3 is 3.14 bits per heavy atom. The van der Waals surface area contributed by atoms with E-state index in [0.717, 1.165) is 29.9 Å². The normalized spacial score (nSPS) is 10.6. The van der Waals surface area contributed by atoms with Crippen molar-refractivity contribution in [2.24, 2.45) is 0 Å². The topological polar surface area (TPSA) is 38.2 Å². The number of aromatic nitrogens is 1. The molecule has 2 aromatic rings. The maximum Gasteiger partial charge on any atom is 0.266 e. The molecule has 0 amide bonds. The van der Waals surface area contributed by atoms with E-state index in [4.69, 9.17) is 21.4 Å². The van der Waals surface area contributed by atoms with Gasteiger partial charge in [-0.05, 0) is 30.8 Å². The quantitative estimate of drug-likeness (QED) is 0.788. The van der Waals surface area contributed by atoms with Crippen LogP contribution >= 0.6 is 12.2 Å². The van der Waals surface area contributed by atoms with Crippen LogP contribution in [0.15, 0.2) is 22.6 Å². The van der Waals surface area contributed by atoms with Crippen LogP contribution in [0.2, 0.25) is 0 Å². The number of hydrogen-bond donors (Lipinski definition) is 1. The molecule has 0 spiro atoms. The summed E-state index contributed by atoms with van der Waals surface area (Å²) in [6.45, 7) is 2.79. The van der Waals surface area contributed by atoms with Crippen LogP contribution in [0.4, 0.5) is 0 Å². The molecule has 0 aliphatic rings. The third kappa shape index (κ3) is 1.80. The molecule has 0 radical (unpaired) electrons. The van der Waals surface area contributed by atoms with Gasteiger partial charge in [0.2, 0.25) is 0 Å². The lowest BCUT2D eigenvalue weighted by Gasteiger charge is -2.02. The molecule has 1 heterocycles. The third-order valence-corrected chi connectivity index (χ3v) is 2.05. The number of oxazole rings is 1. The van der Waals surface area contributed by atoms with Gasteiger partial charge in [0.1, 0.15) is 5.75 Å². The van der Waals surface area contributed by atoms with Crippen LogP contribution in [0, 0.1) is 4.84 Å². The minimum absolute atomic E-state index is 0.396. The van der Waals surface area contributed by atoms with Crippen molar-refractivity contribution in [3.05, 3.63) is 23.0 Å². The van der Waals surface area contributed by atoms with E-state index in [0.29, 0.717) is 4.84 Å². The van der Waals surface area contributed by atoms with Crippen molar-refractivity contribution in [3.8, 4) is 5.75 Å². The Morgan fingerprint density at radius 1 is 1.50 bits per heavy atom. The molecular weight excluding hydrogens is 198 g/mol. The second-order valence-electron chi connectivity index (χ2n) is 3.02. The molecule has 0 saturated heterocycles. The number of H-pyrrole nitrogens is 1. The van der Waals surface area contributed by atoms with E-state index in [-0.39, 0.29) is 0 Å². The van der Waals surface area contributed by atoms with Crippen molar-refractivity contribution in [1.29, 1.82) is 0 Å². The summed E-state index contributed by atoms with van der Waals surface area (Å²) in [4.78, 5) is 3.33. The summed E-state index contributed by atoms with van der Waals surface area (Å²) in [5.41, 5.74) is 1.64. The average molecular weight is 209 g/mol. The molecule has 1 aromatic heterocycles. The van der Waals surface area contributed by atoms with Crippen molar-refractivity contribution in [2.75, 3.05) is 6.61 Å². The Bertz CT molecular complexity index is 486. The number of aromatic amines is 1. The van der Waals surface area contributed by atoms with E-state index >= 15 is 0 Å². The maximum atomic E-state index is 5.46. The minimum Gasteiger partial charge on any atom is -0.493 e. The lowest BCUT2D eigenvalue weighted by Crippen LogP contribution is -1.94. The summed E-state index contributed by atoms with van der Waals surface area (Å²) in [6, 6.07) is 5.65. The molecular formula is C10H11NO2S. The molecule has 0 atom stereocenters. The second kappa shape index (κ2) is 3.84. The molecule has 0 aliphatic carbocycles. The van der Waals surface area contributed by atoms with Crippen LogP contribution in [0.3, 0.4) is 0 Å². The highest BCUT2D eigenvalue weighted by atomic mass is 32.1. The van der Waals surface area contributed by atoms with Gasteiger partial charge in [0.05, 0.1) is 12.1 Å². The predicted molar refractivity (Wildman–Crippen MR) is 57.2 cm³/mol. The first-order valence-electron chi connectivity index (χ1n) is 4.55. The summed E-state index contributed by atoms with van der Waals surface area (Å²) >= 11 is 4.88. The molecule has 2 rings (SSSR count). The molecule has 14 heavy (non-hydrogen) atoms. The molecule has 0 aliphatic heterocycles. The third-order valence-electron chi connectivity index (χ3n) is 1.87. The smallest absolute Gasteiger partial charge is 0.266 e. The molecule has 3 nitrogen and oxygen atoms in total. The zero-order chi connectivity index (χ0) is 9.97. The van der Waals surface area contributed by atoms with Gasteiger partial charge >= 0.3 is 0 Å². The van der Waals surface area contributed by atoms with Crippen LogP contribution in [0.25, 0.3) is 11.1 Å². The Labute approximate surface area is 86.7 Å². The molecule has 0 bridgehead atoms. The number of ether oxygens (including phenoxy) is 1. The van der Waals surface area contributed by atoms with Gasteiger partial charge < -0.3 is 14.1 Å². The van der Waals surface area contributed by atoms with E-state index in [2.05, 4.69) is 11.9 Å². The van der Waals surface area contributed by atoms with Crippen molar-refractivity contribution in [3.63, 3.8) is 0 Å². The van der Waals surface area contributed by atoms with E-state index in [1.807, 2.05) is 18.2 Å². The average Bonchev–Trinajstić information content (AvgIpc) is 2.54. The largest absolute Gasteiger partial charge is 0.493 e.